The van der Waals surface area contributed by atoms with Crippen LogP contribution >= 0.6 is 0 Å². The topological polar surface area (TPSA) is 56.6 Å². The summed E-state index contributed by atoms with van der Waals surface area (Å²) in [5.41, 5.74) is 4.04. The summed E-state index contributed by atoms with van der Waals surface area (Å²) in [5.74, 6) is 1.03. The van der Waals surface area contributed by atoms with Crippen molar-refractivity contribution >= 4 is 0 Å². The molecular weight excluding hydrogens is 372 g/mol. The molecule has 2 aromatic rings. The van der Waals surface area contributed by atoms with E-state index in [4.69, 9.17) is 0 Å². The fourth-order valence-corrected chi connectivity index (χ4v) is 5.67. The Balaban J connectivity index is 1.46. The van der Waals surface area contributed by atoms with E-state index in [0.717, 1.165) is 51.0 Å². The second-order valence-electron chi connectivity index (χ2n) is 9.98. The third-order valence-electron chi connectivity index (χ3n) is 7.33. The summed E-state index contributed by atoms with van der Waals surface area (Å²) < 4.78 is 0. The van der Waals surface area contributed by atoms with Crippen LogP contribution in [0.15, 0.2) is 42.6 Å². The van der Waals surface area contributed by atoms with E-state index in [1.165, 1.54) is 16.7 Å². The number of aryl methyl sites for hydroxylation is 2. The fourth-order valence-electron chi connectivity index (χ4n) is 5.67. The molecule has 4 nitrogen and oxygen atoms in total. The van der Waals surface area contributed by atoms with Gasteiger partial charge in [0.2, 0.25) is 0 Å². The molecule has 4 rings (SSSR count). The van der Waals surface area contributed by atoms with Crippen molar-refractivity contribution in [3.05, 3.63) is 65.0 Å². The van der Waals surface area contributed by atoms with Crippen LogP contribution in [0.4, 0.5) is 0 Å². The summed E-state index contributed by atoms with van der Waals surface area (Å²) >= 11 is 0. The lowest BCUT2D eigenvalue weighted by Gasteiger charge is -2.45. The Morgan fingerprint density at radius 2 is 1.93 bits per heavy atom. The number of piperidine rings is 1. The monoisotopic (exact) mass is 408 g/mol. The van der Waals surface area contributed by atoms with E-state index in [1.54, 1.807) is 6.20 Å². The molecule has 0 saturated carbocycles. The van der Waals surface area contributed by atoms with Gasteiger partial charge in [0.05, 0.1) is 17.4 Å². The molecule has 1 aromatic heterocycles. The molecule has 0 radical (unpaired) electrons. The molecule has 0 unspecified atom stereocenters. The number of pyridine rings is 1. The van der Waals surface area contributed by atoms with Gasteiger partial charge in [0.15, 0.2) is 0 Å². The Morgan fingerprint density at radius 1 is 1.13 bits per heavy atom. The summed E-state index contributed by atoms with van der Waals surface area (Å²) in [6.07, 6.45) is 5.22. The Labute approximate surface area is 181 Å². The van der Waals surface area contributed by atoms with Crippen molar-refractivity contribution in [3.63, 3.8) is 0 Å². The molecule has 2 N–H and O–H groups in total. The van der Waals surface area contributed by atoms with Crippen molar-refractivity contribution in [3.8, 4) is 0 Å². The summed E-state index contributed by atoms with van der Waals surface area (Å²) in [6.45, 7) is 9.04. The maximum Gasteiger partial charge on any atom is 0.0965 e. The molecule has 2 heterocycles. The number of hydrogen-bond acceptors (Lipinski definition) is 4. The van der Waals surface area contributed by atoms with Crippen LogP contribution in [0.1, 0.15) is 67.5 Å². The molecule has 0 spiro atoms. The number of aliphatic hydroxyl groups excluding tert-OH is 1. The molecule has 4 atom stereocenters. The number of aliphatic hydroxyl groups is 2. The summed E-state index contributed by atoms with van der Waals surface area (Å²) in [7, 11) is 0. The summed E-state index contributed by atoms with van der Waals surface area (Å²) in [5, 5.41) is 21.7. The minimum Gasteiger partial charge on any atom is -0.390 e. The zero-order valence-electron chi connectivity index (χ0n) is 18.6. The van der Waals surface area contributed by atoms with Crippen molar-refractivity contribution in [1.82, 2.24) is 9.88 Å². The second-order valence-corrected chi connectivity index (χ2v) is 9.98. The van der Waals surface area contributed by atoms with Crippen LogP contribution in [-0.2, 0) is 6.42 Å². The van der Waals surface area contributed by atoms with Crippen LogP contribution in [0, 0.1) is 18.8 Å². The van der Waals surface area contributed by atoms with Gasteiger partial charge in [0, 0.05) is 25.2 Å². The van der Waals surface area contributed by atoms with Crippen LogP contribution < -0.4 is 0 Å². The molecule has 2 aliphatic rings. The molecule has 0 bridgehead atoms. The molecule has 1 fully saturated rings. The van der Waals surface area contributed by atoms with Gasteiger partial charge < -0.3 is 15.1 Å². The van der Waals surface area contributed by atoms with Crippen LogP contribution in [-0.4, -0.2) is 45.3 Å². The maximum atomic E-state index is 11.0. The Hall–Kier alpha value is -1.75. The third-order valence-corrected chi connectivity index (χ3v) is 7.33. The lowest BCUT2D eigenvalue weighted by atomic mass is 9.71. The molecule has 4 heteroatoms. The average Bonchev–Trinajstić information content (AvgIpc) is 2.87. The van der Waals surface area contributed by atoms with E-state index in [1.807, 2.05) is 19.9 Å². The minimum atomic E-state index is -0.727. The van der Waals surface area contributed by atoms with Crippen LogP contribution in [0.2, 0.25) is 0 Å². The van der Waals surface area contributed by atoms with Gasteiger partial charge >= 0.3 is 0 Å². The molecular formula is C26H36N2O2. The number of aromatic nitrogens is 1. The number of rotatable bonds is 4. The lowest BCUT2D eigenvalue weighted by molar-refractivity contribution is -0.0335. The van der Waals surface area contributed by atoms with E-state index in [2.05, 4.69) is 47.1 Å². The molecule has 0 amide bonds. The van der Waals surface area contributed by atoms with Gasteiger partial charge in [-0.25, -0.2) is 0 Å². The number of fused-ring (bicyclic) bond motifs is 1. The second kappa shape index (κ2) is 8.78. The third kappa shape index (κ3) is 4.61. The highest BCUT2D eigenvalue weighted by Gasteiger charge is 2.40. The highest BCUT2D eigenvalue weighted by molar-refractivity contribution is 5.31. The predicted molar refractivity (Wildman–Crippen MR) is 120 cm³/mol. The number of hydrogen-bond donors (Lipinski definition) is 2. The van der Waals surface area contributed by atoms with E-state index in [-0.39, 0.29) is 5.92 Å². The first-order chi connectivity index (χ1) is 14.3. The van der Waals surface area contributed by atoms with Crippen LogP contribution in [0.3, 0.4) is 0 Å². The van der Waals surface area contributed by atoms with E-state index in [9.17, 15) is 10.2 Å². The lowest BCUT2D eigenvalue weighted by Crippen LogP contribution is -2.49. The van der Waals surface area contributed by atoms with Gasteiger partial charge in [-0.2, -0.15) is 0 Å². The van der Waals surface area contributed by atoms with Crippen LogP contribution in [0.5, 0.6) is 0 Å². The number of likely N-dealkylation sites (tertiary alicyclic amines) is 1. The standard InChI is InChI=1S/C26H36N2O2/c1-18-7-4-5-9-21(18)22-12-14-28(17-23(22)26(2,3)30)16-19-10-11-20-8-6-13-27-25(20)24(29)15-19/h4-9,13,19,22-24,29-30H,10-12,14-17H2,1-3H3/t19-,22-,23+,24+/m1/s1. The van der Waals surface area contributed by atoms with E-state index >= 15 is 0 Å². The Bertz CT molecular complexity index is 860. The molecule has 1 aromatic carbocycles. The van der Waals surface area contributed by atoms with Crippen molar-refractivity contribution in [2.75, 3.05) is 19.6 Å². The van der Waals surface area contributed by atoms with Gasteiger partial charge in [-0.15, -0.1) is 0 Å². The van der Waals surface area contributed by atoms with Crippen molar-refractivity contribution in [2.24, 2.45) is 11.8 Å². The van der Waals surface area contributed by atoms with Gasteiger partial charge in [-0.1, -0.05) is 30.3 Å². The van der Waals surface area contributed by atoms with E-state index < -0.39 is 11.7 Å². The maximum absolute atomic E-state index is 11.0. The SMILES string of the molecule is Cc1ccccc1[C@H]1CCN(C[C@@H]2CCc3cccnc3[C@@H](O)C2)C[C@@H]1C(C)(C)O. The van der Waals surface area contributed by atoms with Crippen molar-refractivity contribution in [1.29, 1.82) is 0 Å². The van der Waals surface area contributed by atoms with Gasteiger partial charge in [-0.3, -0.25) is 4.98 Å². The molecule has 30 heavy (non-hydrogen) atoms. The average molecular weight is 409 g/mol. The fraction of sp³-hybridized carbons (Fsp3) is 0.577. The number of benzene rings is 1. The highest BCUT2D eigenvalue weighted by Crippen LogP contribution is 2.41. The molecule has 1 aliphatic carbocycles. The summed E-state index contributed by atoms with van der Waals surface area (Å²) in [6, 6.07) is 12.7. The quantitative estimate of drug-likeness (QED) is 0.743. The molecule has 1 saturated heterocycles. The van der Waals surface area contributed by atoms with Crippen molar-refractivity contribution < 1.29 is 10.2 Å². The smallest absolute Gasteiger partial charge is 0.0965 e. The first-order valence-electron chi connectivity index (χ1n) is 11.4. The number of nitrogens with zero attached hydrogens (tertiary/aromatic N) is 2. The van der Waals surface area contributed by atoms with Gasteiger partial charge in [0.1, 0.15) is 0 Å². The first-order valence-corrected chi connectivity index (χ1v) is 11.4. The summed E-state index contributed by atoms with van der Waals surface area (Å²) in [4.78, 5) is 6.97. The predicted octanol–water partition coefficient (Wildman–Crippen LogP) is 4.25. The highest BCUT2D eigenvalue weighted by atomic mass is 16.3. The minimum absolute atomic E-state index is 0.196. The molecule has 162 valence electrons. The zero-order valence-corrected chi connectivity index (χ0v) is 18.6. The normalized spacial score (nSPS) is 28.0. The van der Waals surface area contributed by atoms with Gasteiger partial charge in [0.25, 0.3) is 0 Å². The largest absolute Gasteiger partial charge is 0.390 e. The molecule has 1 aliphatic heterocycles. The Morgan fingerprint density at radius 3 is 2.70 bits per heavy atom. The first kappa shape index (κ1) is 21.5. The van der Waals surface area contributed by atoms with Crippen LogP contribution in [0.25, 0.3) is 0 Å². The van der Waals surface area contributed by atoms with E-state index in [0.29, 0.717) is 11.8 Å². The van der Waals surface area contributed by atoms with Crippen molar-refractivity contribution in [2.45, 2.75) is 64.1 Å². The Kier molecular flexibility index (Phi) is 6.29. The van der Waals surface area contributed by atoms with Gasteiger partial charge in [-0.05, 0) is 87.6 Å². The zero-order chi connectivity index (χ0) is 21.3.